The van der Waals surface area contributed by atoms with Crippen LogP contribution >= 0.6 is 47.2 Å². The van der Waals surface area contributed by atoms with E-state index in [-0.39, 0.29) is 24.0 Å². The van der Waals surface area contributed by atoms with Crippen molar-refractivity contribution in [2.24, 2.45) is 10.7 Å². The molecule has 0 unspecified atom stereocenters. The lowest BCUT2D eigenvalue weighted by Crippen LogP contribution is -2.41. The molecule has 0 aliphatic heterocycles. The van der Waals surface area contributed by atoms with Gasteiger partial charge < -0.3 is 15.8 Å². The number of pyridine rings is 1. The first-order valence-electron chi connectivity index (χ1n) is 7.15. The number of nitrogens with one attached hydrogen (secondary N) is 1. The molecular formula is C14H21Cl2IN4O. The van der Waals surface area contributed by atoms with Gasteiger partial charge in [0.25, 0.3) is 0 Å². The Morgan fingerprint density at radius 2 is 2.09 bits per heavy atom. The molecule has 22 heavy (non-hydrogen) atoms. The second kappa shape index (κ2) is 10.3. The molecule has 1 aromatic rings. The Hall–Kier alpha value is -0.470. The predicted octanol–water partition coefficient (Wildman–Crippen LogP) is 3.62. The van der Waals surface area contributed by atoms with E-state index in [4.69, 9.17) is 33.7 Å². The molecule has 1 heterocycles. The molecule has 0 saturated heterocycles. The summed E-state index contributed by atoms with van der Waals surface area (Å²) in [6.45, 7) is 0.813. The van der Waals surface area contributed by atoms with Crippen LogP contribution in [-0.2, 0) is 0 Å². The molecule has 1 fully saturated rings. The lowest BCUT2D eigenvalue weighted by molar-refractivity contribution is 0.316. The zero-order valence-corrected chi connectivity index (χ0v) is 16.1. The minimum atomic E-state index is 0. The van der Waals surface area contributed by atoms with E-state index in [0.717, 1.165) is 12.8 Å². The zero-order chi connectivity index (χ0) is 15.1. The quantitative estimate of drug-likeness (QED) is 0.306. The van der Waals surface area contributed by atoms with Gasteiger partial charge in [-0.3, -0.25) is 0 Å². The van der Waals surface area contributed by atoms with Crippen molar-refractivity contribution in [1.29, 1.82) is 0 Å². The highest BCUT2D eigenvalue weighted by Gasteiger charge is 2.13. The fourth-order valence-electron chi connectivity index (χ4n) is 2.32. The van der Waals surface area contributed by atoms with Crippen molar-refractivity contribution >= 4 is 53.1 Å². The van der Waals surface area contributed by atoms with Crippen molar-refractivity contribution in [2.45, 2.75) is 38.1 Å². The number of hydrogen-bond donors (Lipinski definition) is 2. The molecule has 0 bridgehead atoms. The van der Waals surface area contributed by atoms with Gasteiger partial charge in [0.1, 0.15) is 11.6 Å². The number of nitrogens with zero attached hydrogens (tertiary/aromatic N) is 2. The van der Waals surface area contributed by atoms with Crippen molar-refractivity contribution in [3.8, 4) is 5.88 Å². The summed E-state index contributed by atoms with van der Waals surface area (Å²) in [4.78, 5) is 8.25. The molecule has 2 rings (SSSR count). The molecule has 3 N–H and O–H groups in total. The second-order valence-corrected chi connectivity index (χ2v) is 5.88. The van der Waals surface area contributed by atoms with Gasteiger partial charge in [-0.1, -0.05) is 42.5 Å². The average molecular weight is 459 g/mol. The van der Waals surface area contributed by atoms with E-state index < -0.39 is 0 Å². The summed E-state index contributed by atoms with van der Waals surface area (Å²) in [6.07, 6.45) is 7.65. The number of guanidine groups is 1. The normalized spacial score (nSPS) is 16.0. The minimum absolute atomic E-state index is 0. The topological polar surface area (TPSA) is 72.5 Å². The van der Waals surface area contributed by atoms with E-state index in [1.165, 1.54) is 25.5 Å². The van der Waals surface area contributed by atoms with Crippen LogP contribution in [0.2, 0.25) is 10.0 Å². The Labute approximate surface area is 158 Å². The van der Waals surface area contributed by atoms with Gasteiger partial charge in [-0.25, -0.2) is 9.98 Å². The first-order chi connectivity index (χ1) is 10.1. The minimum Gasteiger partial charge on any atom is -0.475 e. The molecule has 124 valence electrons. The van der Waals surface area contributed by atoms with Crippen molar-refractivity contribution in [1.82, 2.24) is 10.3 Å². The van der Waals surface area contributed by atoms with Gasteiger partial charge in [0.2, 0.25) is 5.88 Å². The van der Waals surface area contributed by atoms with Crippen LogP contribution in [0.1, 0.15) is 32.1 Å². The van der Waals surface area contributed by atoms with Crippen LogP contribution in [0, 0.1) is 0 Å². The third kappa shape index (κ3) is 6.75. The molecule has 5 nitrogen and oxygen atoms in total. The van der Waals surface area contributed by atoms with Crippen LogP contribution in [0.3, 0.4) is 0 Å². The summed E-state index contributed by atoms with van der Waals surface area (Å²) < 4.78 is 5.44. The number of rotatable bonds is 5. The summed E-state index contributed by atoms with van der Waals surface area (Å²) in [5, 5.41) is 4.12. The zero-order valence-electron chi connectivity index (χ0n) is 12.2. The van der Waals surface area contributed by atoms with E-state index in [2.05, 4.69) is 15.3 Å². The van der Waals surface area contributed by atoms with Gasteiger partial charge in [-0.15, -0.1) is 24.0 Å². The van der Waals surface area contributed by atoms with Gasteiger partial charge in [-0.05, 0) is 18.9 Å². The number of nitrogens with two attached hydrogens (primary N) is 1. The summed E-state index contributed by atoms with van der Waals surface area (Å²) in [7, 11) is 0. The van der Waals surface area contributed by atoms with E-state index in [9.17, 15) is 0 Å². The first-order valence-corrected chi connectivity index (χ1v) is 7.91. The van der Waals surface area contributed by atoms with Crippen LogP contribution in [0.25, 0.3) is 0 Å². The third-order valence-electron chi connectivity index (χ3n) is 3.34. The maximum atomic E-state index is 5.96. The van der Waals surface area contributed by atoms with Crippen LogP contribution in [0.5, 0.6) is 5.88 Å². The van der Waals surface area contributed by atoms with Gasteiger partial charge in [0.15, 0.2) is 5.96 Å². The van der Waals surface area contributed by atoms with Crippen LogP contribution < -0.4 is 15.8 Å². The first kappa shape index (κ1) is 19.6. The summed E-state index contributed by atoms with van der Waals surface area (Å²) in [5.41, 5.74) is 5.86. The number of halogens is 3. The molecule has 0 amide bonds. The Morgan fingerprint density at radius 1 is 1.36 bits per heavy atom. The highest BCUT2D eigenvalue weighted by atomic mass is 127. The molecule has 8 heteroatoms. The maximum absolute atomic E-state index is 5.96. The lowest BCUT2D eigenvalue weighted by atomic mass is 9.96. The average Bonchev–Trinajstić information content (AvgIpc) is 2.46. The summed E-state index contributed by atoms with van der Waals surface area (Å²) >= 11 is 11.7. The molecule has 0 aromatic carbocycles. The monoisotopic (exact) mass is 458 g/mol. The van der Waals surface area contributed by atoms with Crippen molar-refractivity contribution in [3.05, 3.63) is 22.3 Å². The lowest BCUT2D eigenvalue weighted by Gasteiger charge is -2.23. The molecule has 1 aliphatic rings. The fourth-order valence-corrected chi connectivity index (χ4v) is 2.75. The third-order valence-corrected chi connectivity index (χ3v) is 3.82. The molecule has 1 aliphatic carbocycles. The van der Waals surface area contributed by atoms with Crippen molar-refractivity contribution in [3.63, 3.8) is 0 Å². The smallest absolute Gasteiger partial charge is 0.232 e. The van der Waals surface area contributed by atoms with Gasteiger partial charge in [-0.2, -0.15) is 0 Å². The Bertz CT molecular complexity index is 496. The number of aromatic nitrogens is 1. The predicted molar refractivity (Wildman–Crippen MR) is 102 cm³/mol. The number of hydrogen-bond acceptors (Lipinski definition) is 3. The van der Waals surface area contributed by atoms with E-state index in [0.29, 0.717) is 41.1 Å². The largest absolute Gasteiger partial charge is 0.475 e. The van der Waals surface area contributed by atoms with Crippen molar-refractivity contribution < 1.29 is 4.74 Å². The fraction of sp³-hybridized carbons (Fsp3) is 0.571. The second-order valence-electron chi connectivity index (χ2n) is 5.04. The van der Waals surface area contributed by atoms with Crippen LogP contribution in [-0.4, -0.2) is 30.1 Å². The van der Waals surface area contributed by atoms with Gasteiger partial charge in [0.05, 0.1) is 11.6 Å². The SMILES string of the molecule is I.NC(=NCCOc1ncc(Cl)cc1Cl)NC1CCCCC1. The number of aliphatic imine (C=N–C) groups is 1. The molecule has 1 saturated carbocycles. The molecule has 0 atom stereocenters. The van der Waals surface area contributed by atoms with Gasteiger partial charge >= 0.3 is 0 Å². The van der Waals surface area contributed by atoms with Crippen LogP contribution in [0.4, 0.5) is 0 Å². The molecule has 0 radical (unpaired) electrons. The van der Waals surface area contributed by atoms with E-state index in [1.54, 1.807) is 6.07 Å². The van der Waals surface area contributed by atoms with Crippen LogP contribution in [0.15, 0.2) is 17.3 Å². The highest BCUT2D eigenvalue weighted by Crippen LogP contribution is 2.24. The molecule has 1 aromatic heterocycles. The number of ether oxygens (including phenoxy) is 1. The molecular weight excluding hydrogens is 438 g/mol. The standard InChI is InChI=1S/C14H20Cl2N4O.HI/c15-10-8-12(16)13(19-9-10)21-7-6-18-14(17)20-11-4-2-1-3-5-11;/h8-9,11H,1-7H2,(H3,17,18,20);1H. The van der Waals surface area contributed by atoms with E-state index >= 15 is 0 Å². The molecule has 0 spiro atoms. The van der Waals surface area contributed by atoms with Crippen molar-refractivity contribution in [2.75, 3.05) is 13.2 Å². The Morgan fingerprint density at radius 3 is 2.77 bits per heavy atom. The Kier molecular flexibility index (Phi) is 9.19. The summed E-state index contributed by atoms with van der Waals surface area (Å²) in [5.74, 6) is 0.829. The summed E-state index contributed by atoms with van der Waals surface area (Å²) in [6, 6.07) is 2.05. The van der Waals surface area contributed by atoms with E-state index in [1.807, 2.05) is 0 Å². The van der Waals surface area contributed by atoms with Gasteiger partial charge in [0, 0.05) is 12.2 Å². The Balaban J connectivity index is 0.00000242. The highest BCUT2D eigenvalue weighted by molar-refractivity contribution is 14.0. The maximum Gasteiger partial charge on any atom is 0.232 e.